The van der Waals surface area contributed by atoms with Crippen molar-refractivity contribution >= 4 is 11.5 Å². The Morgan fingerprint density at radius 2 is 2.21 bits per heavy atom. The number of nitrogens with one attached hydrogen (secondary N) is 2. The van der Waals surface area contributed by atoms with Gasteiger partial charge < -0.3 is 15.2 Å². The molecular weight excluding hydrogens is 250 g/mol. The van der Waals surface area contributed by atoms with Crippen LogP contribution in [0.25, 0.3) is 0 Å². The summed E-state index contributed by atoms with van der Waals surface area (Å²) in [5.74, 6) is 0.989. The molecule has 3 rings (SSSR count). The lowest BCUT2D eigenvalue weighted by atomic mass is 10.3. The summed E-state index contributed by atoms with van der Waals surface area (Å²) in [5, 5.41) is 9.61. The average molecular weight is 263 g/mol. The number of hydrogen-bond donors (Lipinski definition) is 2. The van der Waals surface area contributed by atoms with E-state index in [0.717, 1.165) is 4.57 Å². The van der Waals surface area contributed by atoms with Crippen LogP contribution in [-0.4, -0.2) is 21.0 Å². The second kappa shape index (κ2) is 4.01. The summed E-state index contributed by atoms with van der Waals surface area (Å²) in [5.41, 5.74) is 0.352. The first kappa shape index (κ1) is 11.6. The van der Waals surface area contributed by atoms with Crippen LogP contribution in [0.2, 0.25) is 0 Å². The lowest BCUT2D eigenvalue weighted by Gasteiger charge is -2.09. The smallest absolute Gasteiger partial charge is 0.332 e. The third-order valence-corrected chi connectivity index (χ3v) is 3.06. The summed E-state index contributed by atoms with van der Waals surface area (Å²) in [4.78, 5) is 24.4. The first-order chi connectivity index (χ1) is 9.08. The van der Waals surface area contributed by atoms with Crippen molar-refractivity contribution in [1.29, 1.82) is 0 Å². The van der Waals surface area contributed by atoms with Crippen molar-refractivity contribution < 1.29 is 4.52 Å². The maximum absolute atomic E-state index is 12.2. The van der Waals surface area contributed by atoms with Crippen LogP contribution >= 0.6 is 0 Å². The molecule has 0 spiro atoms. The highest BCUT2D eigenvalue weighted by Crippen LogP contribution is 2.18. The van der Waals surface area contributed by atoms with Crippen molar-refractivity contribution in [2.75, 3.05) is 17.3 Å². The first-order valence-electron chi connectivity index (χ1n) is 5.81. The molecule has 3 heterocycles. The van der Waals surface area contributed by atoms with Crippen LogP contribution in [-0.2, 0) is 13.6 Å². The molecule has 0 bridgehead atoms. The molecule has 0 atom stereocenters. The molecule has 100 valence electrons. The van der Waals surface area contributed by atoms with Gasteiger partial charge in [-0.25, -0.2) is 4.79 Å². The van der Waals surface area contributed by atoms with Crippen LogP contribution < -0.4 is 21.9 Å². The van der Waals surface area contributed by atoms with E-state index in [-0.39, 0.29) is 12.1 Å². The number of hydrogen-bond acceptors (Lipinski definition) is 6. The van der Waals surface area contributed by atoms with Crippen molar-refractivity contribution in [3.63, 3.8) is 0 Å². The predicted molar refractivity (Wildman–Crippen MR) is 68.4 cm³/mol. The fraction of sp³-hybridized carbons (Fsp3) is 0.364. The molecule has 1 aliphatic rings. The molecule has 0 amide bonds. The van der Waals surface area contributed by atoms with E-state index in [2.05, 4.69) is 15.8 Å². The Hall–Kier alpha value is -2.51. The first-order valence-corrected chi connectivity index (χ1v) is 5.81. The maximum Gasteiger partial charge on any atom is 0.332 e. The average Bonchev–Trinajstić information content (AvgIpc) is 3.01. The van der Waals surface area contributed by atoms with Crippen LogP contribution in [0.4, 0.5) is 11.5 Å². The lowest BCUT2D eigenvalue weighted by Crippen LogP contribution is -2.39. The molecular formula is C11H13N5O3. The summed E-state index contributed by atoms with van der Waals surface area (Å²) >= 11 is 0. The molecule has 2 N–H and O–H groups in total. The van der Waals surface area contributed by atoms with Crippen LogP contribution in [0.5, 0.6) is 0 Å². The van der Waals surface area contributed by atoms with Crippen LogP contribution in [0.3, 0.4) is 0 Å². The summed E-state index contributed by atoms with van der Waals surface area (Å²) in [7, 11) is 1.61. The van der Waals surface area contributed by atoms with Gasteiger partial charge >= 0.3 is 5.69 Å². The Balaban J connectivity index is 2.14. The van der Waals surface area contributed by atoms with Gasteiger partial charge in [0.2, 0.25) is 0 Å². The van der Waals surface area contributed by atoms with Crippen LogP contribution in [0, 0.1) is 6.92 Å². The monoisotopic (exact) mass is 263 g/mol. The predicted octanol–water partition coefficient (Wildman–Crippen LogP) is -0.313. The molecule has 2 aromatic rings. The number of anilines is 2. The van der Waals surface area contributed by atoms with E-state index in [4.69, 9.17) is 4.52 Å². The quantitative estimate of drug-likeness (QED) is 0.771. The zero-order chi connectivity index (χ0) is 13.6. The van der Waals surface area contributed by atoms with Crippen LogP contribution in [0.15, 0.2) is 20.2 Å². The summed E-state index contributed by atoms with van der Waals surface area (Å²) in [6.45, 7) is 2.28. The van der Waals surface area contributed by atoms with Gasteiger partial charge in [-0.05, 0) is 6.92 Å². The van der Waals surface area contributed by atoms with E-state index in [9.17, 15) is 9.59 Å². The Morgan fingerprint density at radius 1 is 1.42 bits per heavy atom. The van der Waals surface area contributed by atoms with E-state index in [1.165, 1.54) is 4.57 Å². The number of rotatable bonds is 2. The van der Waals surface area contributed by atoms with E-state index in [0.29, 0.717) is 29.6 Å². The molecule has 0 aliphatic carbocycles. The van der Waals surface area contributed by atoms with E-state index < -0.39 is 5.69 Å². The zero-order valence-electron chi connectivity index (χ0n) is 10.6. The minimum absolute atomic E-state index is 0.0707. The van der Waals surface area contributed by atoms with Crippen molar-refractivity contribution in [3.05, 3.63) is 38.4 Å². The molecule has 1 aliphatic heterocycles. The van der Waals surface area contributed by atoms with Crippen molar-refractivity contribution in [1.82, 2.24) is 14.3 Å². The molecule has 8 nitrogen and oxygen atoms in total. The van der Waals surface area contributed by atoms with Gasteiger partial charge in [0.25, 0.3) is 5.56 Å². The summed E-state index contributed by atoms with van der Waals surface area (Å²) < 4.78 is 7.57. The molecule has 2 aromatic heterocycles. The highest BCUT2D eigenvalue weighted by atomic mass is 16.5. The van der Waals surface area contributed by atoms with E-state index >= 15 is 0 Å². The minimum Gasteiger partial charge on any atom is -0.360 e. The van der Waals surface area contributed by atoms with Crippen molar-refractivity contribution in [2.24, 2.45) is 7.05 Å². The van der Waals surface area contributed by atoms with Gasteiger partial charge in [0.1, 0.15) is 11.5 Å². The summed E-state index contributed by atoms with van der Waals surface area (Å²) in [6, 6.07) is 1.70. The Bertz CT molecular complexity index is 755. The van der Waals surface area contributed by atoms with E-state index in [1.54, 1.807) is 20.0 Å². The zero-order valence-corrected chi connectivity index (χ0v) is 10.6. The van der Waals surface area contributed by atoms with Gasteiger partial charge in [-0.2, -0.15) is 0 Å². The third kappa shape index (κ3) is 1.72. The fourth-order valence-electron chi connectivity index (χ4n) is 2.14. The third-order valence-electron chi connectivity index (χ3n) is 3.06. The highest BCUT2D eigenvalue weighted by Gasteiger charge is 2.21. The Kier molecular flexibility index (Phi) is 2.44. The van der Waals surface area contributed by atoms with Gasteiger partial charge in [0, 0.05) is 13.1 Å². The SMILES string of the molecule is Cc1cc(Cn2c(=O)c3c(n(C)c2=O)NCN3)on1. The number of aromatic nitrogens is 3. The molecule has 0 aromatic carbocycles. The maximum atomic E-state index is 12.2. The number of nitrogens with zero attached hydrogens (tertiary/aromatic N) is 3. The van der Waals surface area contributed by atoms with Crippen molar-refractivity contribution in [2.45, 2.75) is 13.5 Å². The number of fused-ring (bicyclic) bond motifs is 1. The highest BCUT2D eigenvalue weighted by molar-refractivity contribution is 5.68. The molecule has 8 heteroatoms. The Morgan fingerprint density at radius 3 is 2.89 bits per heavy atom. The molecule has 0 radical (unpaired) electrons. The summed E-state index contributed by atoms with van der Waals surface area (Å²) in [6.07, 6.45) is 0. The fourth-order valence-corrected chi connectivity index (χ4v) is 2.14. The van der Waals surface area contributed by atoms with Gasteiger partial charge in [0.15, 0.2) is 5.76 Å². The topological polar surface area (TPSA) is 94.1 Å². The number of aryl methyl sites for hydroxylation is 1. The molecule has 0 saturated carbocycles. The second-order valence-electron chi connectivity index (χ2n) is 4.42. The van der Waals surface area contributed by atoms with Gasteiger partial charge in [0.05, 0.1) is 18.9 Å². The normalized spacial score (nSPS) is 12.9. The molecule has 0 unspecified atom stereocenters. The largest absolute Gasteiger partial charge is 0.360 e. The van der Waals surface area contributed by atoms with Gasteiger partial charge in [-0.1, -0.05) is 5.16 Å². The standard InChI is InChI=1S/C11H13N5O3/c1-6-3-7(19-14-6)4-16-10(17)8-9(13-5-12-8)15(2)11(16)18/h3,12-13H,4-5H2,1-2H3. The van der Waals surface area contributed by atoms with Crippen LogP contribution in [0.1, 0.15) is 11.5 Å². The minimum atomic E-state index is -0.394. The van der Waals surface area contributed by atoms with Gasteiger partial charge in [-0.3, -0.25) is 13.9 Å². The lowest BCUT2D eigenvalue weighted by molar-refractivity contribution is 0.368. The molecule has 0 fully saturated rings. The van der Waals surface area contributed by atoms with Gasteiger partial charge in [-0.15, -0.1) is 0 Å². The second-order valence-corrected chi connectivity index (χ2v) is 4.42. The van der Waals surface area contributed by atoms with Crippen molar-refractivity contribution in [3.8, 4) is 0 Å². The molecule has 0 saturated heterocycles. The Labute approximate surface area is 107 Å². The molecule has 19 heavy (non-hydrogen) atoms. The van der Waals surface area contributed by atoms with E-state index in [1.807, 2.05) is 0 Å².